The van der Waals surface area contributed by atoms with E-state index in [4.69, 9.17) is 4.74 Å². The van der Waals surface area contributed by atoms with Crippen LogP contribution in [0.25, 0.3) is 11.1 Å². The van der Waals surface area contributed by atoms with Gasteiger partial charge in [0.25, 0.3) is 0 Å². The molecule has 0 bridgehead atoms. The molecule has 0 heterocycles. The second-order valence-corrected chi connectivity index (χ2v) is 8.46. The van der Waals surface area contributed by atoms with Gasteiger partial charge < -0.3 is 14.5 Å². The molecule has 4 nitrogen and oxygen atoms in total. The van der Waals surface area contributed by atoms with Gasteiger partial charge in [-0.15, -0.1) is 0 Å². The van der Waals surface area contributed by atoms with E-state index in [-0.39, 0.29) is 16.6 Å². The normalized spacial score (nSPS) is 11.6. The Kier molecular flexibility index (Phi) is 5.78. The summed E-state index contributed by atoms with van der Waals surface area (Å²) in [6, 6.07) is 6.93. The molecule has 0 fully saturated rings. The Labute approximate surface area is 169 Å². The molecule has 3 aromatic carbocycles. The van der Waals surface area contributed by atoms with Crippen molar-refractivity contribution in [3.05, 3.63) is 76.4 Å². The van der Waals surface area contributed by atoms with Crippen molar-refractivity contribution >= 4 is 12.9 Å². The molecule has 3 rings (SSSR count). The van der Waals surface area contributed by atoms with Crippen LogP contribution in [0.3, 0.4) is 0 Å². The number of rotatable bonds is 4. The van der Waals surface area contributed by atoms with Crippen molar-refractivity contribution in [2.75, 3.05) is 0 Å². The highest BCUT2D eigenvalue weighted by atomic mass is 31.2. The zero-order valence-corrected chi connectivity index (χ0v) is 17.0. The summed E-state index contributed by atoms with van der Waals surface area (Å²) in [5.74, 6) is -5.70. The van der Waals surface area contributed by atoms with Gasteiger partial charge in [-0.1, -0.05) is 12.1 Å². The van der Waals surface area contributed by atoms with E-state index in [1.807, 2.05) is 0 Å². The Morgan fingerprint density at radius 3 is 1.77 bits per heavy atom. The van der Waals surface area contributed by atoms with Gasteiger partial charge in [-0.05, 0) is 61.7 Å². The first-order chi connectivity index (χ1) is 13.9. The number of halogens is 4. The molecular weight excluding hydrogens is 423 g/mol. The van der Waals surface area contributed by atoms with Gasteiger partial charge in [0.1, 0.15) is 5.75 Å². The molecule has 0 atom stereocenters. The second-order valence-electron chi connectivity index (χ2n) is 6.85. The van der Waals surface area contributed by atoms with Crippen LogP contribution in [-0.4, -0.2) is 9.79 Å². The predicted octanol–water partition coefficient (Wildman–Crippen LogP) is 5.43. The summed E-state index contributed by atoms with van der Waals surface area (Å²) < 4.78 is 74.2. The minimum Gasteiger partial charge on any atom is -0.454 e. The Morgan fingerprint density at radius 1 is 0.733 bits per heavy atom. The highest BCUT2D eigenvalue weighted by Crippen LogP contribution is 2.39. The third kappa shape index (κ3) is 3.99. The Hall–Kier alpha value is -2.67. The van der Waals surface area contributed by atoms with E-state index in [0.717, 1.165) is 18.2 Å². The maximum absolute atomic E-state index is 14.6. The van der Waals surface area contributed by atoms with Crippen molar-refractivity contribution in [3.8, 4) is 22.6 Å². The summed E-state index contributed by atoms with van der Waals surface area (Å²) in [7, 11) is -4.50. The van der Waals surface area contributed by atoms with Crippen molar-refractivity contribution in [2.45, 2.75) is 20.8 Å². The maximum Gasteiger partial charge on any atom is 0.356 e. The van der Waals surface area contributed by atoms with Crippen molar-refractivity contribution in [1.29, 1.82) is 0 Å². The highest BCUT2D eigenvalue weighted by molar-refractivity contribution is 7.60. The van der Waals surface area contributed by atoms with Gasteiger partial charge >= 0.3 is 7.60 Å². The molecule has 0 aromatic heterocycles. The van der Waals surface area contributed by atoms with Crippen LogP contribution in [0.5, 0.6) is 11.5 Å². The molecular formula is C21H17F4O4P. The van der Waals surface area contributed by atoms with E-state index in [1.54, 1.807) is 0 Å². The van der Waals surface area contributed by atoms with Crippen molar-refractivity contribution in [1.82, 2.24) is 0 Å². The lowest BCUT2D eigenvalue weighted by molar-refractivity contribution is 0.387. The Bertz CT molecular complexity index is 1180. The number of hydrogen-bond acceptors (Lipinski definition) is 2. The van der Waals surface area contributed by atoms with Gasteiger partial charge in [-0.3, -0.25) is 4.57 Å². The molecule has 0 aliphatic rings. The molecule has 158 valence electrons. The fraction of sp³-hybridized carbons (Fsp3) is 0.143. The van der Waals surface area contributed by atoms with Gasteiger partial charge in [-0.2, -0.15) is 4.39 Å². The lowest BCUT2D eigenvalue weighted by Gasteiger charge is -2.16. The van der Waals surface area contributed by atoms with E-state index < -0.39 is 47.7 Å². The van der Waals surface area contributed by atoms with E-state index >= 15 is 0 Å². The molecule has 0 aliphatic heterocycles. The summed E-state index contributed by atoms with van der Waals surface area (Å²) in [4.78, 5) is 18.6. The minimum atomic E-state index is -4.50. The smallest absolute Gasteiger partial charge is 0.356 e. The predicted molar refractivity (Wildman–Crippen MR) is 104 cm³/mol. The molecule has 0 unspecified atom stereocenters. The van der Waals surface area contributed by atoms with Crippen LogP contribution in [0, 0.1) is 44.0 Å². The summed E-state index contributed by atoms with van der Waals surface area (Å²) in [5, 5.41) is -0.233. The molecule has 0 aliphatic carbocycles. The zero-order chi connectivity index (χ0) is 22.4. The first kappa shape index (κ1) is 22.0. The molecule has 3 aromatic rings. The SMILES string of the molecule is Cc1ccc(-c2ccc(Oc3c(C)cc(P(=O)(O)O)cc3C)c(F)c2F)c(F)c1F. The monoisotopic (exact) mass is 440 g/mol. The van der Waals surface area contributed by atoms with E-state index in [2.05, 4.69) is 0 Å². The summed E-state index contributed by atoms with van der Waals surface area (Å²) in [6.07, 6.45) is 0. The molecule has 2 N–H and O–H groups in total. The lowest BCUT2D eigenvalue weighted by Crippen LogP contribution is -2.07. The third-order valence-corrected chi connectivity index (χ3v) is 5.54. The molecule has 0 radical (unpaired) electrons. The second kappa shape index (κ2) is 7.87. The Balaban J connectivity index is 2.04. The number of aryl methyl sites for hydroxylation is 3. The molecule has 0 saturated heterocycles. The van der Waals surface area contributed by atoms with Crippen LogP contribution < -0.4 is 10.0 Å². The van der Waals surface area contributed by atoms with Crippen LogP contribution in [-0.2, 0) is 4.57 Å². The molecule has 0 amide bonds. The number of benzene rings is 3. The fourth-order valence-corrected chi connectivity index (χ4v) is 3.76. The van der Waals surface area contributed by atoms with E-state index in [1.165, 1.54) is 39.0 Å². The number of hydrogen-bond donors (Lipinski definition) is 2. The summed E-state index contributed by atoms with van der Waals surface area (Å²) >= 11 is 0. The average Bonchev–Trinajstić information content (AvgIpc) is 2.66. The topological polar surface area (TPSA) is 66.8 Å². The first-order valence-corrected chi connectivity index (χ1v) is 10.3. The van der Waals surface area contributed by atoms with E-state index in [0.29, 0.717) is 11.1 Å². The summed E-state index contributed by atoms with van der Waals surface area (Å²) in [5.41, 5.74) is -0.282. The number of ether oxygens (including phenoxy) is 1. The van der Waals surface area contributed by atoms with Crippen LogP contribution in [0.15, 0.2) is 36.4 Å². The van der Waals surface area contributed by atoms with E-state index in [9.17, 15) is 31.9 Å². The van der Waals surface area contributed by atoms with Crippen LogP contribution in [0.1, 0.15) is 16.7 Å². The molecule has 0 spiro atoms. The van der Waals surface area contributed by atoms with Crippen molar-refractivity contribution < 1.29 is 36.7 Å². The summed E-state index contributed by atoms with van der Waals surface area (Å²) in [6.45, 7) is 4.33. The largest absolute Gasteiger partial charge is 0.454 e. The molecule has 9 heteroatoms. The molecule has 0 saturated carbocycles. The third-order valence-electron chi connectivity index (χ3n) is 4.61. The van der Waals surface area contributed by atoms with Gasteiger partial charge in [0.15, 0.2) is 23.2 Å². The van der Waals surface area contributed by atoms with Crippen LogP contribution in [0.2, 0.25) is 0 Å². The van der Waals surface area contributed by atoms with Crippen molar-refractivity contribution in [3.63, 3.8) is 0 Å². The molecule has 30 heavy (non-hydrogen) atoms. The Morgan fingerprint density at radius 2 is 1.23 bits per heavy atom. The van der Waals surface area contributed by atoms with Crippen LogP contribution in [0.4, 0.5) is 17.6 Å². The minimum absolute atomic E-state index is 0.0294. The fourth-order valence-electron chi connectivity index (χ4n) is 3.04. The average molecular weight is 440 g/mol. The maximum atomic E-state index is 14.6. The lowest BCUT2D eigenvalue weighted by atomic mass is 10.0. The van der Waals surface area contributed by atoms with Gasteiger partial charge in [-0.25, -0.2) is 13.2 Å². The van der Waals surface area contributed by atoms with Gasteiger partial charge in [0.2, 0.25) is 5.82 Å². The quantitative estimate of drug-likeness (QED) is 0.420. The highest BCUT2D eigenvalue weighted by Gasteiger charge is 2.23. The standard InChI is InChI=1S/C21H17F4O4P/c1-10-4-5-14(18(23)17(10)22)15-6-7-16(20(25)19(15)24)29-21-11(2)8-13(9-12(21)3)30(26,27)28/h4-9H,1-3H3,(H2,26,27,28). The first-order valence-electron chi connectivity index (χ1n) is 8.70. The van der Waals surface area contributed by atoms with Gasteiger partial charge in [0.05, 0.1) is 5.30 Å². The van der Waals surface area contributed by atoms with Crippen LogP contribution >= 0.6 is 7.60 Å². The van der Waals surface area contributed by atoms with Crippen molar-refractivity contribution in [2.24, 2.45) is 0 Å². The van der Waals surface area contributed by atoms with Gasteiger partial charge in [0, 0.05) is 11.1 Å². The zero-order valence-electron chi connectivity index (χ0n) is 16.1.